The van der Waals surface area contributed by atoms with Crippen LogP contribution in [0.3, 0.4) is 0 Å². The Morgan fingerprint density at radius 1 is 1.11 bits per heavy atom. The number of benzene rings is 1. The summed E-state index contributed by atoms with van der Waals surface area (Å²) in [7, 11) is 2.11. The zero-order chi connectivity index (χ0) is 18.8. The van der Waals surface area contributed by atoms with Gasteiger partial charge in [0.2, 0.25) is 0 Å². The molecule has 1 aromatic heterocycles. The number of aromatic nitrogens is 1. The van der Waals surface area contributed by atoms with Crippen LogP contribution in [0.4, 0.5) is 0 Å². The van der Waals surface area contributed by atoms with E-state index in [2.05, 4.69) is 41.0 Å². The van der Waals surface area contributed by atoms with E-state index in [9.17, 15) is 0 Å². The van der Waals surface area contributed by atoms with Crippen LogP contribution in [0, 0.1) is 5.92 Å². The molecule has 0 N–H and O–H groups in total. The Kier molecular flexibility index (Phi) is 5.29. The molecular weight excluding hydrogens is 356 g/mol. The van der Waals surface area contributed by atoms with Crippen molar-refractivity contribution in [3.8, 4) is 5.75 Å². The number of nitrogens with zero attached hydrogens (tertiary/aromatic N) is 2. The van der Waals surface area contributed by atoms with E-state index in [1.165, 1.54) is 35.4 Å². The van der Waals surface area contributed by atoms with Crippen LogP contribution in [0.2, 0.25) is 5.02 Å². The van der Waals surface area contributed by atoms with E-state index in [0.717, 1.165) is 36.3 Å². The van der Waals surface area contributed by atoms with Gasteiger partial charge in [-0.05, 0) is 67.8 Å². The van der Waals surface area contributed by atoms with Crippen LogP contribution in [0.5, 0.6) is 5.75 Å². The highest BCUT2D eigenvalue weighted by Crippen LogP contribution is 2.30. The standard InChI is InChI=1S/C23H25ClN2O/c1-17-11-13-26(14-12-17)15-21-20-5-3-4-6-22(20)25(2)23(21)16-27-19-9-7-18(24)8-10-19/h5-10,17H,11-16H2,1-2H3. The molecular formula is C23H25ClN2O. The molecule has 0 bridgehead atoms. The first-order valence-electron chi connectivity index (χ1n) is 9.60. The molecule has 2 heterocycles. The second-order valence-corrected chi connectivity index (χ2v) is 8.00. The number of hydrogen-bond donors (Lipinski definition) is 0. The Labute approximate surface area is 166 Å². The molecule has 27 heavy (non-hydrogen) atoms. The lowest BCUT2D eigenvalue weighted by atomic mass is 9.98. The molecule has 1 fully saturated rings. The predicted octanol–water partition coefficient (Wildman–Crippen LogP) is 5.28. The lowest BCUT2D eigenvalue weighted by Crippen LogP contribution is -2.32. The Morgan fingerprint density at radius 2 is 1.81 bits per heavy atom. The zero-order valence-electron chi connectivity index (χ0n) is 16.0. The minimum Gasteiger partial charge on any atom is -0.487 e. The summed E-state index contributed by atoms with van der Waals surface area (Å²) in [5, 5.41) is 0.720. The van der Waals surface area contributed by atoms with Crippen molar-refractivity contribution in [3.63, 3.8) is 0 Å². The fourth-order valence-electron chi connectivity index (χ4n) is 3.88. The van der Waals surface area contributed by atoms with Crippen LogP contribution >= 0.6 is 11.6 Å². The number of piperidine rings is 1. The minimum absolute atomic E-state index is 0.534. The van der Waals surface area contributed by atoms with E-state index in [0.29, 0.717) is 6.61 Å². The maximum Gasteiger partial charge on any atom is 0.129 e. The van der Waals surface area contributed by atoms with Gasteiger partial charge in [0.15, 0.2) is 0 Å². The summed E-state index contributed by atoms with van der Waals surface area (Å²) in [5.74, 6) is 1.67. The van der Waals surface area contributed by atoms with Gasteiger partial charge in [-0.2, -0.15) is 0 Å². The summed E-state index contributed by atoms with van der Waals surface area (Å²) in [6, 6.07) is 7.55. The summed E-state index contributed by atoms with van der Waals surface area (Å²) in [5.41, 5.74) is 11.2. The molecule has 3 nitrogen and oxygen atoms in total. The molecule has 2 aliphatic rings. The van der Waals surface area contributed by atoms with Gasteiger partial charge in [-0.3, -0.25) is 4.90 Å². The molecule has 0 saturated carbocycles. The summed E-state index contributed by atoms with van der Waals surface area (Å²) in [4.78, 5) is 2.57. The zero-order valence-corrected chi connectivity index (χ0v) is 16.7. The Hall–Kier alpha value is -2.15. The second-order valence-electron chi connectivity index (χ2n) is 7.56. The Balaban J connectivity index is 1.59. The summed E-state index contributed by atoms with van der Waals surface area (Å²) >= 11 is 5.98. The molecule has 1 aliphatic carbocycles. The smallest absolute Gasteiger partial charge is 0.129 e. The van der Waals surface area contributed by atoms with E-state index in [1.807, 2.05) is 30.3 Å². The van der Waals surface area contributed by atoms with E-state index >= 15 is 0 Å². The molecule has 0 radical (unpaired) electrons. The first-order chi connectivity index (χ1) is 13.1. The first-order valence-corrected chi connectivity index (χ1v) is 9.98. The maximum absolute atomic E-state index is 6.09. The van der Waals surface area contributed by atoms with Gasteiger partial charge >= 0.3 is 0 Å². The SMILES string of the molecule is CC1CCN(Cc2c3c(n(C)c2COc2ccc(Cl)cc2)C=C=C=C3)CC1. The normalized spacial score (nSPS) is 16.7. The third-order valence-corrected chi connectivity index (χ3v) is 5.92. The molecule has 140 valence electrons. The lowest BCUT2D eigenvalue weighted by molar-refractivity contribution is 0.183. The number of halogens is 1. The van der Waals surface area contributed by atoms with Gasteiger partial charge in [0, 0.05) is 30.3 Å². The van der Waals surface area contributed by atoms with Crippen LogP contribution in [0.1, 0.15) is 42.3 Å². The van der Waals surface area contributed by atoms with Crippen molar-refractivity contribution in [1.82, 2.24) is 9.47 Å². The molecule has 1 aliphatic heterocycles. The quantitative estimate of drug-likeness (QED) is 0.560. The van der Waals surface area contributed by atoms with Gasteiger partial charge in [0.05, 0.1) is 11.4 Å². The molecule has 0 atom stereocenters. The summed E-state index contributed by atoms with van der Waals surface area (Å²) < 4.78 is 8.32. The van der Waals surface area contributed by atoms with Crippen LogP contribution in [-0.4, -0.2) is 22.6 Å². The molecule has 0 unspecified atom stereocenters. The maximum atomic E-state index is 6.09. The van der Waals surface area contributed by atoms with Crippen molar-refractivity contribution in [2.45, 2.75) is 32.9 Å². The van der Waals surface area contributed by atoms with Gasteiger partial charge < -0.3 is 9.30 Å². The van der Waals surface area contributed by atoms with Gasteiger partial charge in [-0.25, -0.2) is 0 Å². The molecule has 0 spiro atoms. The molecule has 4 rings (SSSR count). The molecule has 0 amide bonds. The monoisotopic (exact) mass is 380 g/mol. The summed E-state index contributed by atoms with van der Waals surface area (Å²) in [6.45, 7) is 6.18. The highest BCUT2D eigenvalue weighted by Gasteiger charge is 2.23. The van der Waals surface area contributed by atoms with Gasteiger partial charge in [0.25, 0.3) is 0 Å². The molecule has 1 aromatic carbocycles. The summed E-state index contributed by atoms with van der Waals surface area (Å²) in [6.07, 6.45) is 6.63. The molecule has 2 aromatic rings. The van der Waals surface area contributed by atoms with Crippen LogP contribution < -0.4 is 4.74 Å². The van der Waals surface area contributed by atoms with E-state index in [4.69, 9.17) is 16.3 Å². The van der Waals surface area contributed by atoms with Crippen molar-refractivity contribution in [3.05, 3.63) is 63.3 Å². The van der Waals surface area contributed by atoms with Crippen molar-refractivity contribution >= 4 is 23.8 Å². The van der Waals surface area contributed by atoms with Crippen molar-refractivity contribution in [1.29, 1.82) is 0 Å². The third kappa shape index (κ3) is 3.93. The van der Waals surface area contributed by atoms with Gasteiger partial charge in [-0.15, -0.1) is 0 Å². The Morgan fingerprint density at radius 3 is 2.56 bits per heavy atom. The molecule has 4 heteroatoms. The predicted molar refractivity (Wildman–Crippen MR) is 111 cm³/mol. The number of likely N-dealkylation sites (tertiary alicyclic amines) is 1. The number of ether oxygens (including phenoxy) is 1. The third-order valence-electron chi connectivity index (χ3n) is 5.67. The second kappa shape index (κ2) is 7.84. The largest absolute Gasteiger partial charge is 0.487 e. The number of rotatable bonds is 5. The van der Waals surface area contributed by atoms with Crippen molar-refractivity contribution in [2.24, 2.45) is 13.0 Å². The number of hydrogen-bond acceptors (Lipinski definition) is 2. The molecule has 1 saturated heterocycles. The van der Waals surface area contributed by atoms with Crippen molar-refractivity contribution in [2.75, 3.05) is 13.1 Å². The average Bonchev–Trinajstić information content (AvgIpc) is 2.95. The average molecular weight is 381 g/mol. The van der Waals surface area contributed by atoms with Gasteiger partial charge in [0.1, 0.15) is 12.4 Å². The lowest BCUT2D eigenvalue weighted by Gasteiger charge is -2.30. The van der Waals surface area contributed by atoms with E-state index in [1.54, 1.807) is 0 Å². The van der Waals surface area contributed by atoms with Crippen LogP contribution in [-0.2, 0) is 20.2 Å². The van der Waals surface area contributed by atoms with Gasteiger partial charge in [-0.1, -0.05) is 30.0 Å². The Bertz CT molecular complexity index is 920. The highest BCUT2D eigenvalue weighted by molar-refractivity contribution is 6.30. The van der Waals surface area contributed by atoms with Crippen LogP contribution in [0.25, 0.3) is 12.2 Å². The fraction of sp³-hybridized carbons (Fsp3) is 0.391. The first kappa shape index (κ1) is 18.2. The van der Waals surface area contributed by atoms with E-state index in [-0.39, 0.29) is 0 Å². The van der Waals surface area contributed by atoms with Crippen molar-refractivity contribution < 1.29 is 4.74 Å². The topological polar surface area (TPSA) is 17.4 Å². The number of fused-ring (bicyclic) bond motifs is 1. The van der Waals surface area contributed by atoms with E-state index < -0.39 is 0 Å². The minimum atomic E-state index is 0.534. The fourth-order valence-corrected chi connectivity index (χ4v) is 4.01. The highest BCUT2D eigenvalue weighted by atomic mass is 35.5. The van der Waals surface area contributed by atoms with Crippen LogP contribution in [0.15, 0.2) is 35.7 Å².